The van der Waals surface area contributed by atoms with E-state index in [1.807, 2.05) is 24.3 Å². The molecule has 0 aliphatic rings. The van der Waals surface area contributed by atoms with Gasteiger partial charge in [-0.05, 0) is 23.6 Å². The van der Waals surface area contributed by atoms with Gasteiger partial charge in [-0.2, -0.15) is 0 Å². The first-order chi connectivity index (χ1) is 8.70. The number of rotatable bonds is 4. The van der Waals surface area contributed by atoms with Crippen molar-refractivity contribution in [2.75, 3.05) is 5.73 Å². The van der Waals surface area contributed by atoms with Gasteiger partial charge in [0.2, 0.25) is 0 Å². The smallest absolute Gasteiger partial charge is 0.0850 e. The Morgan fingerprint density at radius 1 is 1.00 bits per heavy atom. The molecule has 2 aromatic rings. The number of para-hydroxylation sites is 1. The average molecular weight is 241 g/mol. The van der Waals surface area contributed by atoms with Crippen molar-refractivity contribution in [1.82, 2.24) is 0 Å². The highest BCUT2D eigenvalue weighted by atomic mass is 16.3. The molecule has 94 valence electrons. The van der Waals surface area contributed by atoms with E-state index in [0.717, 1.165) is 17.5 Å². The number of hydrogen-bond donors (Lipinski definition) is 2. The van der Waals surface area contributed by atoms with E-state index in [4.69, 9.17) is 5.73 Å². The molecule has 0 aliphatic heterocycles. The fourth-order valence-corrected chi connectivity index (χ4v) is 2.06. The number of hydrogen-bond acceptors (Lipinski definition) is 2. The summed E-state index contributed by atoms with van der Waals surface area (Å²) in [7, 11) is 0. The molecule has 1 atom stereocenters. The summed E-state index contributed by atoms with van der Waals surface area (Å²) in [5.41, 5.74) is 9.75. The molecule has 2 rings (SSSR count). The molecule has 1 unspecified atom stereocenters. The quantitative estimate of drug-likeness (QED) is 0.808. The van der Waals surface area contributed by atoms with E-state index in [1.165, 1.54) is 5.56 Å². The minimum atomic E-state index is -0.543. The van der Waals surface area contributed by atoms with Gasteiger partial charge in [0, 0.05) is 17.7 Å². The molecule has 2 nitrogen and oxygen atoms in total. The molecule has 0 heterocycles. The number of aryl methyl sites for hydroxylation is 1. The molecule has 0 saturated heterocycles. The Hall–Kier alpha value is -1.80. The summed E-state index contributed by atoms with van der Waals surface area (Å²) in [6, 6.07) is 15.8. The third-order valence-corrected chi connectivity index (χ3v) is 3.22. The standard InChI is InChI=1S/C16H19NO/c1-2-12-7-9-13(10-8-12)11-16(18)14-5-3-4-6-15(14)17/h3-10,16,18H,2,11,17H2,1H3. The van der Waals surface area contributed by atoms with Crippen LogP contribution in [0.5, 0.6) is 0 Å². The normalized spacial score (nSPS) is 12.3. The molecule has 18 heavy (non-hydrogen) atoms. The second-order valence-electron chi connectivity index (χ2n) is 4.52. The summed E-state index contributed by atoms with van der Waals surface area (Å²) < 4.78 is 0. The number of anilines is 1. The Kier molecular flexibility index (Phi) is 4.00. The Morgan fingerprint density at radius 2 is 1.61 bits per heavy atom. The average Bonchev–Trinajstić information content (AvgIpc) is 2.40. The Morgan fingerprint density at radius 3 is 2.22 bits per heavy atom. The van der Waals surface area contributed by atoms with Crippen LogP contribution < -0.4 is 5.73 Å². The second kappa shape index (κ2) is 5.69. The summed E-state index contributed by atoms with van der Waals surface area (Å²) in [6.07, 6.45) is 1.09. The van der Waals surface area contributed by atoms with Gasteiger partial charge < -0.3 is 10.8 Å². The van der Waals surface area contributed by atoms with Crippen molar-refractivity contribution in [2.45, 2.75) is 25.9 Å². The van der Waals surface area contributed by atoms with Gasteiger partial charge in [-0.1, -0.05) is 49.4 Å². The first-order valence-corrected chi connectivity index (χ1v) is 6.31. The minimum Gasteiger partial charge on any atom is -0.398 e. The molecule has 0 saturated carbocycles. The van der Waals surface area contributed by atoms with Crippen molar-refractivity contribution in [3.63, 3.8) is 0 Å². The van der Waals surface area contributed by atoms with E-state index in [-0.39, 0.29) is 0 Å². The molecule has 0 amide bonds. The topological polar surface area (TPSA) is 46.2 Å². The van der Waals surface area contributed by atoms with Crippen LogP contribution in [0.4, 0.5) is 5.69 Å². The van der Waals surface area contributed by atoms with Crippen LogP contribution in [0.1, 0.15) is 29.7 Å². The molecule has 0 aliphatic carbocycles. The summed E-state index contributed by atoms with van der Waals surface area (Å²) in [6.45, 7) is 2.13. The SMILES string of the molecule is CCc1ccc(CC(O)c2ccccc2N)cc1. The maximum Gasteiger partial charge on any atom is 0.0850 e. The van der Waals surface area contributed by atoms with Crippen LogP contribution in [-0.2, 0) is 12.8 Å². The van der Waals surface area contributed by atoms with Crippen LogP contribution in [0.15, 0.2) is 48.5 Å². The van der Waals surface area contributed by atoms with Crippen LogP contribution in [0, 0.1) is 0 Å². The van der Waals surface area contributed by atoms with Crippen LogP contribution in [-0.4, -0.2) is 5.11 Å². The van der Waals surface area contributed by atoms with Gasteiger partial charge >= 0.3 is 0 Å². The lowest BCUT2D eigenvalue weighted by Gasteiger charge is -2.13. The van der Waals surface area contributed by atoms with Crippen LogP contribution in [0.2, 0.25) is 0 Å². The van der Waals surface area contributed by atoms with Gasteiger partial charge in [-0.25, -0.2) is 0 Å². The first kappa shape index (κ1) is 12.7. The number of benzene rings is 2. The van der Waals surface area contributed by atoms with Crippen molar-refractivity contribution in [3.05, 3.63) is 65.2 Å². The zero-order chi connectivity index (χ0) is 13.0. The van der Waals surface area contributed by atoms with E-state index in [1.54, 1.807) is 0 Å². The van der Waals surface area contributed by atoms with Gasteiger partial charge in [0.1, 0.15) is 0 Å². The molecule has 0 fully saturated rings. The van der Waals surface area contributed by atoms with E-state index in [0.29, 0.717) is 12.1 Å². The third-order valence-electron chi connectivity index (χ3n) is 3.22. The maximum absolute atomic E-state index is 10.2. The third kappa shape index (κ3) is 2.90. The number of aliphatic hydroxyl groups is 1. The summed E-state index contributed by atoms with van der Waals surface area (Å²) >= 11 is 0. The minimum absolute atomic E-state index is 0.543. The molecule has 2 aromatic carbocycles. The summed E-state index contributed by atoms with van der Waals surface area (Å²) in [5.74, 6) is 0. The monoisotopic (exact) mass is 241 g/mol. The van der Waals surface area contributed by atoms with Gasteiger partial charge in [-0.15, -0.1) is 0 Å². The summed E-state index contributed by atoms with van der Waals surface area (Å²) in [4.78, 5) is 0. The van der Waals surface area contributed by atoms with E-state index in [9.17, 15) is 5.11 Å². The highest BCUT2D eigenvalue weighted by Crippen LogP contribution is 2.23. The molecule has 0 bridgehead atoms. The predicted molar refractivity (Wildman–Crippen MR) is 75.3 cm³/mol. The Labute approximate surface area is 108 Å². The van der Waals surface area contributed by atoms with Crippen molar-refractivity contribution in [1.29, 1.82) is 0 Å². The lowest BCUT2D eigenvalue weighted by atomic mass is 9.99. The van der Waals surface area contributed by atoms with E-state index < -0.39 is 6.10 Å². The number of nitrogen functional groups attached to an aromatic ring is 1. The van der Waals surface area contributed by atoms with Gasteiger partial charge in [-0.3, -0.25) is 0 Å². The summed E-state index contributed by atoms with van der Waals surface area (Å²) in [5, 5.41) is 10.2. The van der Waals surface area contributed by atoms with E-state index >= 15 is 0 Å². The first-order valence-electron chi connectivity index (χ1n) is 6.31. The number of nitrogens with two attached hydrogens (primary N) is 1. The van der Waals surface area contributed by atoms with Crippen LogP contribution in [0.25, 0.3) is 0 Å². The fraction of sp³-hybridized carbons (Fsp3) is 0.250. The molecular formula is C16H19NO. The van der Waals surface area contributed by atoms with Crippen molar-refractivity contribution < 1.29 is 5.11 Å². The predicted octanol–water partition coefficient (Wildman–Crippen LogP) is 3.11. The van der Waals surface area contributed by atoms with Crippen molar-refractivity contribution >= 4 is 5.69 Å². The molecule has 2 heteroatoms. The van der Waals surface area contributed by atoms with E-state index in [2.05, 4.69) is 31.2 Å². The van der Waals surface area contributed by atoms with Gasteiger partial charge in [0.25, 0.3) is 0 Å². The molecule has 0 aromatic heterocycles. The number of aliphatic hydroxyl groups excluding tert-OH is 1. The van der Waals surface area contributed by atoms with Gasteiger partial charge in [0.15, 0.2) is 0 Å². The van der Waals surface area contributed by atoms with Crippen molar-refractivity contribution in [3.8, 4) is 0 Å². The van der Waals surface area contributed by atoms with Crippen LogP contribution in [0.3, 0.4) is 0 Å². The van der Waals surface area contributed by atoms with Crippen LogP contribution >= 0.6 is 0 Å². The maximum atomic E-state index is 10.2. The van der Waals surface area contributed by atoms with Crippen molar-refractivity contribution in [2.24, 2.45) is 0 Å². The molecular weight excluding hydrogens is 222 g/mol. The fourth-order valence-electron chi connectivity index (χ4n) is 2.06. The highest BCUT2D eigenvalue weighted by molar-refractivity contribution is 5.48. The molecule has 3 N–H and O–H groups in total. The molecule has 0 radical (unpaired) electrons. The lowest BCUT2D eigenvalue weighted by molar-refractivity contribution is 0.179. The zero-order valence-corrected chi connectivity index (χ0v) is 10.6. The molecule has 0 spiro atoms. The zero-order valence-electron chi connectivity index (χ0n) is 10.6. The highest BCUT2D eigenvalue weighted by Gasteiger charge is 2.11. The van der Waals surface area contributed by atoms with Gasteiger partial charge in [0.05, 0.1) is 6.10 Å². The second-order valence-corrected chi connectivity index (χ2v) is 4.52. The Bertz CT molecular complexity index is 505. The lowest BCUT2D eigenvalue weighted by Crippen LogP contribution is -2.05. The Balaban J connectivity index is 2.11. The largest absolute Gasteiger partial charge is 0.398 e.